The Balaban J connectivity index is 0.000000875. The summed E-state index contributed by atoms with van der Waals surface area (Å²) in [5, 5.41) is 0. The predicted octanol–water partition coefficient (Wildman–Crippen LogP) is 10.4. The number of aliphatic imine (C=N–C) groups is 1. The molecule has 0 saturated carbocycles. The van der Waals surface area contributed by atoms with Crippen molar-refractivity contribution in [3.63, 3.8) is 0 Å². The third kappa shape index (κ3) is 10.2. The Morgan fingerprint density at radius 1 is 1.12 bits per heavy atom. The number of benzene rings is 1. The monoisotopic (exact) mass is 445 g/mol. The van der Waals surface area contributed by atoms with E-state index in [2.05, 4.69) is 84.2 Å². The van der Waals surface area contributed by atoms with Gasteiger partial charge in [-0.1, -0.05) is 114 Å². The Kier molecular flexibility index (Phi) is 15.5. The highest BCUT2D eigenvalue weighted by Gasteiger charge is 2.13. The van der Waals surface area contributed by atoms with Crippen LogP contribution in [0.1, 0.15) is 91.7 Å². The standard InChI is InChI=1S/C22H29N.C9H14.CH4/c1-6-10-19-15-16(3)13-14-22(23-18(5)20(19)7-2)21-12-9-8-11-17(21)4;1-4-7-8-9(5-2)6-3;/h8-9,11-12,14H,3,6-7,10,13,15H2,1-2,4-5H3;4-5,7-8H,2,6H2,1,3H3;1H4/b20-19-,22-14-,23-18+;7-4-,9-8+;. The van der Waals surface area contributed by atoms with E-state index in [1.165, 1.54) is 45.6 Å². The number of hydrogen-bond donors (Lipinski definition) is 0. The molecule has 0 spiro atoms. The molecule has 2 rings (SSSR count). The van der Waals surface area contributed by atoms with E-state index in [1.807, 2.05) is 25.2 Å². The quantitative estimate of drug-likeness (QED) is 0.292. The van der Waals surface area contributed by atoms with E-state index in [4.69, 9.17) is 4.99 Å². The number of hydrogen-bond acceptors (Lipinski definition) is 1. The SMILES string of the molecule is C.C=C/C(=C\C=C/C)CC.C=C1C\C=C(c2ccccc2C)/N=C(C)/C(CC)=C(/CCC)C1. The third-order valence-electron chi connectivity index (χ3n) is 5.70. The molecule has 1 nitrogen and oxygen atoms in total. The van der Waals surface area contributed by atoms with E-state index < -0.39 is 0 Å². The van der Waals surface area contributed by atoms with Crippen molar-refractivity contribution in [2.75, 3.05) is 0 Å². The van der Waals surface area contributed by atoms with Gasteiger partial charge < -0.3 is 0 Å². The van der Waals surface area contributed by atoms with Gasteiger partial charge in [0.15, 0.2) is 0 Å². The summed E-state index contributed by atoms with van der Waals surface area (Å²) < 4.78 is 0. The van der Waals surface area contributed by atoms with Gasteiger partial charge in [0.1, 0.15) is 0 Å². The van der Waals surface area contributed by atoms with Gasteiger partial charge in [-0.3, -0.25) is 4.99 Å². The second kappa shape index (κ2) is 16.9. The summed E-state index contributed by atoms with van der Waals surface area (Å²) in [5.74, 6) is 0. The summed E-state index contributed by atoms with van der Waals surface area (Å²) in [7, 11) is 0. The summed E-state index contributed by atoms with van der Waals surface area (Å²) >= 11 is 0. The summed E-state index contributed by atoms with van der Waals surface area (Å²) in [6, 6.07) is 8.50. The van der Waals surface area contributed by atoms with Crippen LogP contribution in [0.25, 0.3) is 5.70 Å². The largest absolute Gasteiger partial charge is 0.253 e. The van der Waals surface area contributed by atoms with Gasteiger partial charge in [-0.05, 0) is 69.6 Å². The van der Waals surface area contributed by atoms with E-state index in [1.54, 1.807) is 0 Å². The van der Waals surface area contributed by atoms with Crippen molar-refractivity contribution in [2.45, 2.75) is 87.5 Å². The first-order valence-corrected chi connectivity index (χ1v) is 12.0. The highest BCUT2D eigenvalue weighted by atomic mass is 14.8. The van der Waals surface area contributed by atoms with E-state index in [9.17, 15) is 0 Å². The minimum absolute atomic E-state index is 0. The number of allylic oxidation sites excluding steroid dienone is 9. The fourth-order valence-corrected chi connectivity index (χ4v) is 3.90. The van der Waals surface area contributed by atoms with Crippen LogP contribution in [0.5, 0.6) is 0 Å². The molecule has 1 aliphatic rings. The Morgan fingerprint density at radius 2 is 1.82 bits per heavy atom. The molecule has 1 aromatic rings. The van der Waals surface area contributed by atoms with Crippen molar-refractivity contribution >= 4 is 11.4 Å². The fourth-order valence-electron chi connectivity index (χ4n) is 3.90. The van der Waals surface area contributed by atoms with Crippen molar-refractivity contribution in [1.29, 1.82) is 0 Å². The van der Waals surface area contributed by atoms with Gasteiger partial charge >= 0.3 is 0 Å². The van der Waals surface area contributed by atoms with Crippen LogP contribution in [-0.2, 0) is 0 Å². The predicted molar refractivity (Wildman–Crippen MR) is 153 cm³/mol. The molecular formula is C32H47N. The Bertz CT molecular complexity index is 916. The van der Waals surface area contributed by atoms with Crippen LogP contribution in [0.4, 0.5) is 0 Å². The third-order valence-corrected chi connectivity index (χ3v) is 5.70. The molecule has 0 N–H and O–H groups in total. The average molecular weight is 446 g/mol. The van der Waals surface area contributed by atoms with Crippen molar-refractivity contribution in [3.05, 3.63) is 101 Å². The molecule has 0 aromatic heterocycles. The zero-order chi connectivity index (χ0) is 23.9. The molecule has 0 bridgehead atoms. The van der Waals surface area contributed by atoms with E-state index in [0.29, 0.717) is 0 Å². The molecule has 0 amide bonds. The second-order valence-corrected chi connectivity index (χ2v) is 8.24. The van der Waals surface area contributed by atoms with Crippen LogP contribution in [0.2, 0.25) is 0 Å². The van der Waals surface area contributed by atoms with E-state index in [-0.39, 0.29) is 7.43 Å². The van der Waals surface area contributed by atoms with Crippen LogP contribution in [0.15, 0.2) is 95.1 Å². The molecular weight excluding hydrogens is 398 g/mol. The van der Waals surface area contributed by atoms with Crippen molar-refractivity contribution in [1.82, 2.24) is 0 Å². The number of aryl methyl sites for hydroxylation is 1. The van der Waals surface area contributed by atoms with Gasteiger partial charge in [-0.2, -0.15) is 0 Å². The van der Waals surface area contributed by atoms with E-state index >= 15 is 0 Å². The van der Waals surface area contributed by atoms with Crippen molar-refractivity contribution in [3.8, 4) is 0 Å². The first-order valence-electron chi connectivity index (χ1n) is 12.0. The van der Waals surface area contributed by atoms with Gasteiger partial charge in [0.2, 0.25) is 0 Å². The molecule has 1 aromatic carbocycles. The van der Waals surface area contributed by atoms with Crippen LogP contribution in [0.3, 0.4) is 0 Å². The minimum atomic E-state index is 0. The second-order valence-electron chi connectivity index (χ2n) is 8.24. The molecule has 0 unspecified atom stereocenters. The maximum absolute atomic E-state index is 5.03. The zero-order valence-corrected chi connectivity index (χ0v) is 21.3. The highest BCUT2D eigenvalue weighted by Crippen LogP contribution is 2.29. The van der Waals surface area contributed by atoms with Gasteiger partial charge in [0.05, 0.1) is 5.70 Å². The summed E-state index contributed by atoms with van der Waals surface area (Å²) in [6.07, 6.45) is 16.6. The van der Waals surface area contributed by atoms with Crippen LogP contribution in [0, 0.1) is 6.92 Å². The molecule has 0 atom stereocenters. The summed E-state index contributed by atoms with van der Waals surface area (Å²) in [4.78, 5) is 5.03. The van der Waals surface area contributed by atoms with Gasteiger partial charge in [-0.25, -0.2) is 0 Å². The summed E-state index contributed by atoms with van der Waals surface area (Å²) in [6.45, 7) is 20.9. The van der Waals surface area contributed by atoms with Gasteiger partial charge in [0.25, 0.3) is 0 Å². The van der Waals surface area contributed by atoms with Gasteiger partial charge in [0, 0.05) is 11.3 Å². The summed E-state index contributed by atoms with van der Waals surface area (Å²) in [5.41, 5.74) is 10.3. The molecule has 1 heterocycles. The van der Waals surface area contributed by atoms with Gasteiger partial charge in [-0.15, -0.1) is 0 Å². The maximum Gasteiger partial charge on any atom is 0.0671 e. The molecule has 0 fully saturated rings. The van der Waals surface area contributed by atoms with Crippen molar-refractivity contribution in [2.24, 2.45) is 4.99 Å². The molecule has 1 aliphatic heterocycles. The lowest BCUT2D eigenvalue weighted by Crippen LogP contribution is -2.03. The topological polar surface area (TPSA) is 12.4 Å². The molecule has 1 heteroatoms. The first-order chi connectivity index (χ1) is 15.4. The molecule has 33 heavy (non-hydrogen) atoms. The van der Waals surface area contributed by atoms with Crippen LogP contribution in [-0.4, -0.2) is 5.71 Å². The van der Waals surface area contributed by atoms with Crippen molar-refractivity contribution < 1.29 is 0 Å². The minimum Gasteiger partial charge on any atom is -0.253 e. The lowest BCUT2D eigenvalue weighted by atomic mass is 9.92. The molecule has 180 valence electrons. The molecule has 0 saturated heterocycles. The lowest BCUT2D eigenvalue weighted by molar-refractivity contribution is 0.842. The van der Waals surface area contributed by atoms with Crippen LogP contribution < -0.4 is 0 Å². The Morgan fingerprint density at radius 3 is 2.36 bits per heavy atom. The first kappa shape index (κ1) is 30.3. The average Bonchev–Trinajstić information content (AvgIpc) is 2.84. The number of nitrogens with zero attached hydrogens (tertiary/aromatic N) is 1. The molecule has 0 aliphatic carbocycles. The Labute approximate surface area is 205 Å². The molecule has 0 radical (unpaired) electrons. The Hall–Kier alpha value is -2.67. The highest BCUT2D eigenvalue weighted by molar-refractivity contribution is 6.02. The normalized spacial score (nSPS) is 20.2. The smallest absolute Gasteiger partial charge is 0.0671 e. The van der Waals surface area contributed by atoms with Crippen LogP contribution >= 0.6 is 0 Å². The zero-order valence-electron chi connectivity index (χ0n) is 21.3. The fraction of sp³-hybridized carbons (Fsp3) is 0.406. The van der Waals surface area contributed by atoms with E-state index in [0.717, 1.165) is 37.8 Å². The number of rotatable bonds is 7. The lowest BCUT2D eigenvalue weighted by Gasteiger charge is -2.14. The maximum atomic E-state index is 5.03.